The molecular weight excluding hydrogens is 322 g/mol. The van der Waals surface area contributed by atoms with Crippen molar-refractivity contribution in [1.29, 1.82) is 0 Å². The maximum atomic E-state index is 12.1. The third kappa shape index (κ3) is 5.41. The molecule has 5 heteroatoms. The highest BCUT2D eigenvalue weighted by Crippen LogP contribution is 2.22. The molecule has 1 atom stereocenters. The van der Waals surface area contributed by atoms with E-state index in [-0.39, 0.29) is 10.7 Å². The third-order valence-electron chi connectivity index (χ3n) is 2.82. The van der Waals surface area contributed by atoms with Crippen molar-refractivity contribution in [2.45, 2.75) is 25.1 Å². The second kappa shape index (κ2) is 8.15. The van der Waals surface area contributed by atoms with Crippen molar-refractivity contribution in [2.24, 2.45) is 5.92 Å². The van der Waals surface area contributed by atoms with Crippen LogP contribution in [0.5, 0.6) is 11.5 Å². The van der Waals surface area contributed by atoms with E-state index in [4.69, 9.17) is 9.47 Å². The van der Waals surface area contributed by atoms with Gasteiger partial charge in [-0.05, 0) is 24.5 Å². The second-order valence-corrected chi connectivity index (χ2v) is 6.33. The van der Waals surface area contributed by atoms with E-state index in [0.29, 0.717) is 29.5 Å². The molecular formula is C15H22BrNO3. The number of carbonyl (C=O) groups excluding carboxylic acids is 1. The first-order chi connectivity index (χ1) is 9.46. The first kappa shape index (κ1) is 16.8. The molecule has 0 heterocycles. The van der Waals surface area contributed by atoms with Crippen molar-refractivity contribution in [3.63, 3.8) is 0 Å². The normalized spacial score (nSPS) is 12.1. The van der Waals surface area contributed by atoms with Gasteiger partial charge in [-0.3, -0.25) is 4.79 Å². The minimum atomic E-state index is -0.129. The number of halogens is 1. The molecule has 0 radical (unpaired) electrons. The fourth-order valence-electron chi connectivity index (χ4n) is 1.84. The summed E-state index contributed by atoms with van der Waals surface area (Å²) >= 11 is 3.57. The van der Waals surface area contributed by atoms with E-state index in [9.17, 15) is 4.79 Å². The lowest BCUT2D eigenvalue weighted by molar-refractivity contribution is 0.0952. The summed E-state index contributed by atoms with van der Waals surface area (Å²) in [6.45, 7) is 4.91. The molecule has 1 unspecified atom stereocenters. The zero-order chi connectivity index (χ0) is 15.1. The standard InChI is InChI=1S/C15H22BrNO3/c1-10(2)5-12(16)9-17-15(18)11-6-13(19-3)8-14(7-11)20-4/h6-8,10,12H,5,9H2,1-4H3,(H,17,18). The minimum absolute atomic E-state index is 0.129. The first-order valence-electron chi connectivity index (χ1n) is 6.61. The quantitative estimate of drug-likeness (QED) is 0.773. The summed E-state index contributed by atoms with van der Waals surface area (Å²) in [6, 6.07) is 5.13. The Morgan fingerprint density at radius 2 is 1.75 bits per heavy atom. The van der Waals surface area contributed by atoms with E-state index in [1.807, 2.05) is 0 Å². The Morgan fingerprint density at radius 3 is 2.20 bits per heavy atom. The predicted octanol–water partition coefficient (Wildman–Crippen LogP) is 3.24. The highest BCUT2D eigenvalue weighted by molar-refractivity contribution is 9.09. The second-order valence-electron chi connectivity index (χ2n) is 5.04. The summed E-state index contributed by atoms with van der Waals surface area (Å²) in [4.78, 5) is 12.4. The van der Waals surface area contributed by atoms with Gasteiger partial charge in [0.25, 0.3) is 5.91 Å². The van der Waals surface area contributed by atoms with Crippen LogP contribution in [0.15, 0.2) is 18.2 Å². The number of amides is 1. The van der Waals surface area contributed by atoms with E-state index in [1.54, 1.807) is 32.4 Å². The van der Waals surface area contributed by atoms with E-state index in [2.05, 4.69) is 35.1 Å². The number of ether oxygens (including phenoxy) is 2. The fourth-order valence-corrected chi connectivity index (χ4v) is 2.75. The molecule has 0 fully saturated rings. The monoisotopic (exact) mass is 343 g/mol. The molecule has 1 aromatic carbocycles. The number of carbonyl (C=O) groups is 1. The van der Waals surface area contributed by atoms with Crippen molar-refractivity contribution in [3.05, 3.63) is 23.8 Å². The van der Waals surface area contributed by atoms with Crippen LogP contribution >= 0.6 is 15.9 Å². The molecule has 1 rings (SSSR count). The Bertz CT molecular complexity index is 426. The van der Waals surface area contributed by atoms with Gasteiger partial charge < -0.3 is 14.8 Å². The highest BCUT2D eigenvalue weighted by atomic mass is 79.9. The van der Waals surface area contributed by atoms with Crippen molar-refractivity contribution in [2.75, 3.05) is 20.8 Å². The molecule has 20 heavy (non-hydrogen) atoms. The molecule has 0 aliphatic carbocycles. The molecule has 0 spiro atoms. The molecule has 0 saturated carbocycles. The summed E-state index contributed by atoms with van der Waals surface area (Å²) in [5, 5.41) is 2.91. The van der Waals surface area contributed by atoms with Crippen LogP contribution < -0.4 is 14.8 Å². The number of benzene rings is 1. The average molecular weight is 344 g/mol. The van der Waals surface area contributed by atoms with Crippen LogP contribution in [0.2, 0.25) is 0 Å². The number of methoxy groups -OCH3 is 2. The lowest BCUT2D eigenvalue weighted by Gasteiger charge is -2.14. The van der Waals surface area contributed by atoms with Crippen LogP contribution in [0.4, 0.5) is 0 Å². The Kier molecular flexibility index (Phi) is 6.85. The molecule has 112 valence electrons. The lowest BCUT2D eigenvalue weighted by Crippen LogP contribution is -2.30. The van der Waals surface area contributed by atoms with Crippen LogP contribution in [0.3, 0.4) is 0 Å². The molecule has 1 aromatic rings. The summed E-state index contributed by atoms with van der Waals surface area (Å²) in [5.74, 6) is 1.67. The van der Waals surface area contributed by atoms with Crippen molar-refractivity contribution in [1.82, 2.24) is 5.32 Å². The van der Waals surface area contributed by atoms with Gasteiger partial charge in [0, 0.05) is 23.0 Å². The Labute approximate surface area is 129 Å². The number of hydrogen-bond acceptors (Lipinski definition) is 3. The van der Waals surface area contributed by atoms with Crippen molar-refractivity contribution >= 4 is 21.8 Å². The molecule has 0 aliphatic rings. The Morgan fingerprint density at radius 1 is 1.20 bits per heavy atom. The van der Waals surface area contributed by atoms with Gasteiger partial charge in [-0.25, -0.2) is 0 Å². The smallest absolute Gasteiger partial charge is 0.251 e. The van der Waals surface area contributed by atoms with Crippen molar-refractivity contribution < 1.29 is 14.3 Å². The van der Waals surface area contributed by atoms with Gasteiger partial charge in [-0.1, -0.05) is 29.8 Å². The molecule has 4 nitrogen and oxygen atoms in total. The third-order valence-corrected chi connectivity index (χ3v) is 3.52. The Hall–Kier alpha value is -1.23. The zero-order valence-corrected chi connectivity index (χ0v) is 14.0. The minimum Gasteiger partial charge on any atom is -0.497 e. The van der Waals surface area contributed by atoms with Gasteiger partial charge in [-0.15, -0.1) is 0 Å². The van der Waals surface area contributed by atoms with Gasteiger partial charge in [0.15, 0.2) is 0 Å². The summed E-state index contributed by atoms with van der Waals surface area (Å²) in [5.41, 5.74) is 0.533. The summed E-state index contributed by atoms with van der Waals surface area (Å²) < 4.78 is 10.3. The van der Waals surface area contributed by atoms with E-state index in [1.165, 1.54) is 0 Å². The fraction of sp³-hybridized carbons (Fsp3) is 0.533. The van der Waals surface area contributed by atoms with Gasteiger partial charge in [0.1, 0.15) is 11.5 Å². The average Bonchev–Trinajstić information content (AvgIpc) is 2.43. The van der Waals surface area contributed by atoms with Crippen LogP contribution in [0.25, 0.3) is 0 Å². The van der Waals surface area contributed by atoms with Gasteiger partial charge in [0.2, 0.25) is 0 Å². The van der Waals surface area contributed by atoms with E-state index < -0.39 is 0 Å². The van der Waals surface area contributed by atoms with Crippen molar-refractivity contribution in [3.8, 4) is 11.5 Å². The first-order valence-corrected chi connectivity index (χ1v) is 7.53. The lowest BCUT2D eigenvalue weighted by atomic mass is 10.1. The number of alkyl halides is 1. The van der Waals surface area contributed by atoms with Crippen LogP contribution in [0, 0.1) is 5.92 Å². The van der Waals surface area contributed by atoms with Gasteiger partial charge in [-0.2, -0.15) is 0 Å². The van der Waals surface area contributed by atoms with Crippen LogP contribution in [-0.2, 0) is 0 Å². The number of nitrogens with one attached hydrogen (secondary N) is 1. The van der Waals surface area contributed by atoms with E-state index >= 15 is 0 Å². The molecule has 0 bridgehead atoms. The molecule has 1 N–H and O–H groups in total. The maximum absolute atomic E-state index is 12.1. The zero-order valence-electron chi connectivity index (χ0n) is 12.4. The molecule has 0 aromatic heterocycles. The van der Waals surface area contributed by atoms with Gasteiger partial charge in [0.05, 0.1) is 14.2 Å². The number of hydrogen-bond donors (Lipinski definition) is 1. The Balaban J connectivity index is 2.67. The van der Waals surface area contributed by atoms with Crippen LogP contribution in [-0.4, -0.2) is 31.5 Å². The topological polar surface area (TPSA) is 47.6 Å². The number of rotatable bonds is 7. The van der Waals surface area contributed by atoms with Crippen LogP contribution in [0.1, 0.15) is 30.6 Å². The van der Waals surface area contributed by atoms with Gasteiger partial charge >= 0.3 is 0 Å². The summed E-state index contributed by atoms with van der Waals surface area (Å²) in [6.07, 6.45) is 1.02. The van der Waals surface area contributed by atoms with E-state index in [0.717, 1.165) is 6.42 Å². The highest BCUT2D eigenvalue weighted by Gasteiger charge is 2.12. The molecule has 0 aliphatic heterocycles. The molecule has 1 amide bonds. The molecule has 0 saturated heterocycles. The predicted molar refractivity (Wildman–Crippen MR) is 84.0 cm³/mol. The largest absolute Gasteiger partial charge is 0.497 e. The summed E-state index contributed by atoms with van der Waals surface area (Å²) in [7, 11) is 3.13. The maximum Gasteiger partial charge on any atom is 0.251 e. The SMILES string of the molecule is COc1cc(OC)cc(C(=O)NCC(Br)CC(C)C)c1.